The third-order valence-electron chi connectivity index (χ3n) is 3.49. The molecule has 2 rings (SSSR count). The molecule has 0 aliphatic heterocycles. The zero-order valence-corrected chi connectivity index (χ0v) is 10.5. The maximum atomic E-state index is 11.9. The lowest BCUT2D eigenvalue weighted by Gasteiger charge is -2.20. The van der Waals surface area contributed by atoms with Gasteiger partial charge >= 0.3 is 0 Å². The van der Waals surface area contributed by atoms with E-state index in [4.69, 9.17) is 0 Å². The van der Waals surface area contributed by atoms with Gasteiger partial charge in [0.05, 0.1) is 6.54 Å². The number of carbonyl (C=O) groups excluding carboxylic acids is 2. The first-order chi connectivity index (χ1) is 8.77. The van der Waals surface area contributed by atoms with Gasteiger partial charge in [0.1, 0.15) is 0 Å². The lowest BCUT2D eigenvalue weighted by Crippen LogP contribution is -2.35. The predicted octanol–water partition coefficient (Wildman–Crippen LogP) is 2.57. The third kappa shape index (κ3) is 3.42. The van der Waals surface area contributed by atoms with Crippen LogP contribution in [0.25, 0.3) is 0 Å². The number of carbonyl (C=O) groups is 2. The highest BCUT2D eigenvalue weighted by atomic mass is 16.2. The van der Waals surface area contributed by atoms with Gasteiger partial charge < -0.3 is 5.32 Å². The minimum atomic E-state index is -0.0280. The number of hydrogen-bond acceptors (Lipinski definition) is 2. The zero-order chi connectivity index (χ0) is 12.8. The molecule has 1 aliphatic rings. The van der Waals surface area contributed by atoms with Crippen LogP contribution in [0, 0.1) is 5.92 Å². The number of hydrogen-bond donors (Lipinski definition) is 1. The maximum Gasteiger partial charge on any atom is 0.223 e. The Morgan fingerprint density at radius 2 is 1.72 bits per heavy atom. The standard InChI is InChI=1S/C15H19NO2/c17-14(12-7-3-1-4-8-12)11-16-15(18)13-9-5-2-6-10-13/h1,3-4,7-8,13H,2,5-6,9-11H2,(H,16,18). The summed E-state index contributed by atoms with van der Waals surface area (Å²) in [5.41, 5.74) is 0.654. The molecule has 0 unspecified atom stereocenters. The quantitative estimate of drug-likeness (QED) is 0.829. The van der Waals surface area contributed by atoms with Crippen molar-refractivity contribution in [2.24, 2.45) is 5.92 Å². The molecule has 1 amide bonds. The zero-order valence-electron chi connectivity index (χ0n) is 10.5. The molecule has 1 N–H and O–H groups in total. The summed E-state index contributed by atoms with van der Waals surface area (Å²) >= 11 is 0. The van der Waals surface area contributed by atoms with E-state index in [9.17, 15) is 9.59 Å². The molecule has 3 heteroatoms. The summed E-state index contributed by atoms with van der Waals surface area (Å²) in [6, 6.07) is 9.08. The predicted molar refractivity (Wildman–Crippen MR) is 70.4 cm³/mol. The molecule has 1 saturated carbocycles. The van der Waals surface area contributed by atoms with Crippen molar-refractivity contribution < 1.29 is 9.59 Å². The molecular formula is C15H19NO2. The Labute approximate surface area is 108 Å². The van der Waals surface area contributed by atoms with Crippen molar-refractivity contribution >= 4 is 11.7 Å². The Balaban J connectivity index is 1.80. The van der Waals surface area contributed by atoms with E-state index in [-0.39, 0.29) is 24.2 Å². The number of ketones is 1. The van der Waals surface area contributed by atoms with Crippen LogP contribution in [0.15, 0.2) is 30.3 Å². The molecule has 18 heavy (non-hydrogen) atoms. The Morgan fingerprint density at radius 3 is 2.39 bits per heavy atom. The molecule has 0 heterocycles. The average molecular weight is 245 g/mol. The highest BCUT2D eigenvalue weighted by molar-refractivity contribution is 5.99. The summed E-state index contributed by atoms with van der Waals surface area (Å²) in [5.74, 6) is 0.126. The Bertz CT molecular complexity index is 408. The van der Waals surface area contributed by atoms with Crippen LogP contribution in [-0.2, 0) is 4.79 Å². The van der Waals surface area contributed by atoms with Crippen molar-refractivity contribution in [2.45, 2.75) is 32.1 Å². The van der Waals surface area contributed by atoms with Crippen LogP contribution in [0.4, 0.5) is 0 Å². The fourth-order valence-corrected chi connectivity index (χ4v) is 2.40. The van der Waals surface area contributed by atoms with Crippen LogP contribution in [0.2, 0.25) is 0 Å². The van der Waals surface area contributed by atoms with E-state index in [1.54, 1.807) is 12.1 Å². The molecule has 0 radical (unpaired) electrons. The Hall–Kier alpha value is -1.64. The largest absolute Gasteiger partial charge is 0.348 e. The van der Waals surface area contributed by atoms with Crippen molar-refractivity contribution in [1.29, 1.82) is 0 Å². The van der Waals surface area contributed by atoms with Gasteiger partial charge in [-0.3, -0.25) is 9.59 Å². The van der Waals surface area contributed by atoms with E-state index in [1.165, 1.54) is 6.42 Å². The van der Waals surface area contributed by atoms with Crippen LogP contribution >= 0.6 is 0 Å². The molecule has 3 nitrogen and oxygen atoms in total. The van der Waals surface area contributed by atoms with Crippen molar-refractivity contribution in [3.05, 3.63) is 35.9 Å². The van der Waals surface area contributed by atoms with Crippen molar-refractivity contribution in [1.82, 2.24) is 5.32 Å². The lowest BCUT2D eigenvalue weighted by molar-refractivity contribution is -0.125. The monoisotopic (exact) mass is 245 g/mol. The Morgan fingerprint density at radius 1 is 1.06 bits per heavy atom. The normalized spacial score (nSPS) is 16.2. The molecule has 0 saturated heterocycles. The van der Waals surface area contributed by atoms with Gasteiger partial charge in [-0.1, -0.05) is 49.6 Å². The number of amides is 1. The van der Waals surface area contributed by atoms with Gasteiger partial charge in [0.25, 0.3) is 0 Å². The maximum absolute atomic E-state index is 11.9. The van der Waals surface area contributed by atoms with Crippen molar-refractivity contribution in [3.8, 4) is 0 Å². The van der Waals surface area contributed by atoms with E-state index in [1.807, 2.05) is 18.2 Å². The molecule has 1 fully saturated rings. The molecule has 1 aromatic rings. The topological polar surface area (TPSA) is 46.2 Å². The fourth-order valence-electron chi connectivity index (χ4n) is 2.40. The van der Waals surface area contributed by atoms with Gasteiger partial charge in [-0.15, -0.1) is 0 Å². The molecule has 1 aromatic carbocycles. The number of rotatable bonds is 4. The van der Waals surface area contributed by atoms with E-state index < -0.39 is 0 Å². The van der Waals surface area contributed by atoms with Crippen LogP contribution in [0.5, 0.6) is 0 Å². The van der Waals surface area contributed by atoms with Crippen LogP contribution < -0.4 is 5.32 Å². The summed E-state index contributed by atoms with van der Waals surface area (Å²) in [6.07, 6.45) is 5.42. The average Bonchev–Trinajstić information content (AvgIpc) is 2.46. The van der Waals surface area contributed by atoms with Crippen molar-refractivity contribution in [3.63, 3.8) is 0 Å². The second kappa shape index (κ2) is 6.34. The summed E-state index contributed by atoms with van der Waals surface area (Å²) in [5, 5.41) is 2.76. The number of benzene rings is 1. The molecule has 0 bridgehead atoms. The summed E-state index contributed by atoms with van der Waals surface area (Å²) < 4.78 is 0. The van der Waals surface area contributed by atoms with Gasteiger partial charge in [0, 0.05) is 11.5 Å². The van der Waals surface area contributed by atoms with Crippen LogP contribution in [0.1, 0.15) is 42.5 Å². The van der Waals surface area contributed by atoms with E-state index in [0.717, 1.165) is 25.7 Å². The minimum Gasteiger partial charge on any atom is -0.348 e. The first-order valence-electron chi connectivity index (χ1n) is 6.63. The van der Waals surface area contributed by atoms with E-state index in [0.29, 0.717) is 5.56 Å². The SMILES string of the molecule is O=C(CNC(=O)C1CCCCC1)c1ccccc1. The molecule has 0 atom stereocenters. The van der Waals surface area contributed by atoms with E-state index in [2.05, 4.69) is 5.32 Å². The van der Waals surface area contributed by atoms with Gasteiger partial charge in [0.2, 0.25) is 5.91 Å². The Kier molecular flexibility index (Phi) is 4.51. The first-order valence-corrected chi connectivity index (χ1v) is 6.63. The van der Waals surface area contributed by atoms with Gasteiger partial charge in [-0.25, -0.2) is 0 Å². The van der Waals surface area contributed by atoms with Crippen LogP contribution in [-0.4, -0.2) is 18.2 Å². The second-order valence-corrected chi connectivity index (χ2v) is 4.84. The van der Waals surface area contributed by atoms with Gasteiger partial charge in [0.15, 0.2) is 5.78 Å². The molecule has 0 spiro atoms. The summed E-state index contributed by atoms with van der Waals surface area (Å²) in [7, 11) is 0. The minimum absolute atomic E-state index is 0.0280. The first kappa shape index (κ1) is 12.8. The fraction of sp³-hybridized carbons (Fsp3) is 0.467. The van der Waals surface area contributed by atoms with Crippen LogP contribution in [0.3, 0.4) is 0 Å². The van der Waals surface area contributed by atoms with Gasteiger partial charge in [-0.2, -0.15) is 0 Å². The summed E-state index contributed by atoms with van der Waals surface area (Å²) in [4.78, 5) is 23.7. The molecular weight excluding hydrogens is 226 g/mol. The second-order valence-electron chi connectivity index (χ2n) is 4.84. The number of nitrogens with one attached hydrogen (secondary N) is 1. The highest BCUT2D eigenvalue weighted by Crippen LogP contribution is 2.23. The molecule has 1 aliphatic carbocycles. The smallest absolute Gasteiger partial charge is 0.223 e. The van der Waals surface area contributed by atoms with Crippen molar-refractivity contribution in [2.75, 3.05) is 6.54 Å². The number of Topliss-reactive ketones (excluding diaryl/α,β-unsaturated/α-hetero) is 1. The lowest BCUT2D eigenvalue weighted by atomic mass is 9.88. The van der Waals surface area contributed by atoms with E-state index >= 15 is 0 Å². The molecule has 0 aromatic heterocycles. The molecule has 96 valence electrons. The van der Waals surface area contributed by atoms with Gasteiger partial charge in [-0.05, 0) is 12.8 Å². The third-order valence-corrected chi connectivity index (χ3v) is 3.49. The summed E-state index contributed by atoms with van der Waals surface area (Å²) in [6.45, 7) is 0.110. The highest BCUT2D eigenvalue weighted by Gasteiger charge is 2.21.